The van der Waals surface area contributed by atoms with Gasteiger partial charge in [-0.1, -0.05) is 60.7 Å². The molecule has 1 aliphatic heterocycles. The minimum atomic E-state index is -4.94. The number of rotatable bonds is 10. The molecule has 3 aromatic carbocycles. The highest BCUT2D eigenvalue weighted by Crippen LogP contribution is 2.52. The van der Waals surface area contributed by atoms with Crippen molar-refractivity contribution in [2.45, 2.75) is 68.6 Å². The summed E-state index contributed by atoms with van der Waals surface area (Å²) in [5.74, 6) is 0.105. The molecule has 1 amide bonds. The molecule has 0 aromatic heterocycles. The summed E-state index contributed by atoms with van der Waals surface area (Å²) in [4.78, 5) is 14.5. The first kappa shape index (κ1) is 31.1. The van der Waals surface area contributed by atoms with Crippen LogP contribution in [0.25, 0.3) is 0 Å². The molecule has 1 N–H and O–H groups in total. The van der Waals surface area contributed by atoms with Gasteiger partial charge in [-0.15, -0.1) is 0 Å². The van der Waals surface area contributed by atoms with Gasteiger partial charge in [0.1, 0.15) is 0 Å². The van der Waals surface area contributed by atoms with Crippen LogP contribution in [0.5, 0.6) is 0 Å². The number of hydrogen-bond donors (Lipinski definition) is 1. The lowest BCUT2D eigenvalue weighted by Gasteiger charge is -2.58. The van der Waals surface area contributed by atoms with Crippen molar-refractivity contribution in [2.75, 3.05) is 19.7 Å². The summed E-state index contributed by atoms with van der Waals surface area (Å²) in [5, 5.41) is 3.69. The number of benzene rings is 3. The monoisotopic (exact) mass is 604 g/mol. The molecule has 0 bridgehead atoms. The Bertz CT molecular complexity index is 1370. The van der Waals surface area contributed by atoms with Gasteiger partial charge >= 0.3 is 12.4 Å². The van der Waals surface area contributed by atoms with E-state index in [1.54, 1.807) is 0 Å². The molecule has 43 heavy (non-hydrogen) atoms. The lowest BCUT2D eigenvalue weighted by Crippen LogP contribution is -2.68. The molecule has 4 nitrogen and oxygen atoms in total. The van der Waals surface area contributed by atoms with Crippen LogP contribution in [0.15, 0.2) is 78.9 Å². The summed E-state index contributed by atoms with van der Waals surface area (Å²) in [6, 6.07) is 21.0. The molecular formula is C33H34F6N2O2. The van der Waals surface area contributed by atoms with Crippen LogP contribution in [0.4, 0.5) is 26.3 Å². The van der Waals surface area contributed by atoms with Crippen molar-refractivity contribution in [1.29, 1.82) is 0 Å². The zero-order valence-electron chi connectivity index (χ0n) is 23.8. The van der Waals surface area contributed by atoms with Crippen LogP contribution in [0.3, 0.4) is 0 Å². The summed E-state index contributed by atoms with van der Waals surface area (Å²) in [6.45, 7) is 3.31. The Morgan fingerprint density at radius 2 is 1.47 bits per heavy atom. The van der Waals surface area contributed by atoms with Crippen LogP contribution in [-0.2, 0) is 33.8 Å². The first-order chi connectivity index (χ1) is 20.3. The molecule has 1 saturated heterocycles. The number of carbonyl (C=O) groups is 1. The van der Waals surface area contributed by atoms with Gasteiger partial charge in [-0.3, -0.25) is 4.79 Å². The molecule has 230 valence electrons. The van der Waals surface area contributed by atoms with Gasteiger partial charge in [0, 0.05) is 37.0 Å². The Morgan fingerprint density at radius 3 is 2.00 bits per heavy atom. The highest BCUT2D eigenvalue weighted by molar-refractivity contribution is 5.78. The summed E-state index contributed by atoms with van der Waals surface area (Å²) >= 11 is 0. The van der Waals surface area contributed by atoms with Crippen LogP contribution < -0.4 is 5.32 Å². The minimum absolute atomic E-state index is 0.0818. The lowest BCUT2D eigenvalue weighted by atomic mass is 9.54. The second kappa shape index (κ2) is 12.0. The van der Waals surface area contributed by atoms with Crippen LogP contribution in [0.2, 0.25) is 0 Å². The van der Waals surface area contributed by atoms with Gasteiger partial charge in [-0.05, 0) is 61.1 Å². The van der Waals surface area contributed by atoms with Gasteiger partial charge in [-0.25, -0.2) is 0 Å². The summed E-state index contributed by atoms with van der Waals surface area (Å²) < 4.78 is 87.1. The van der Waals surface area contributed by atoms with Crippen molar-refractivity contribution >= 4 is 5.91 Å². The van der Waals surface area contributed by atoms with Crippen molar-refractivity contribution in [2.24, 2.45) is 0 Å². The quantitative estimate of drug-likeness (QED) is 0.242. The predicted octanol–water partition coefficient (Wildman–Crippen LogP) is 7.68. The number of hydrogen-bond acceptors (Lipinski definition) is 3. The number of halogens is 6. The second-order valence-electron chi connectivity index (χ2n) is 11.8. The lowest BCUT2D eigenvalue weighted by molar-refractivity contribution is -0.143. The number of nitrogens with one attached hydrogen (secondary N) is 1. The third kappa shape index (κ3) is 7.07. The van der Waals surface area contributed by atoms with Crippen molar-refractivity contribution in [3.8, 4) is 0 Å². The molecule has 2 aliphatic rings. The number of ether oxygens (including phenoxy) is 1. The maximum absolute atomic E-state index is 13.5. The third-order valence-corrected chi connectivity index (χ3v) is 8.60. The van der Waals surface area contributed by atoms with Crippen molar-refractivity contribution in [3.63, 3.8) is 0 Å². The molecule has 3 aromatic rings. The predicted molar refractivity (Wildman–Crippen MR) is 150 cm³/mol. The van der Waals surface area contributed by atoms with Crippen molar-refractivity contribution < 1.29 is 35.9 Å². The van der Waals surface area contributed by atoms with E-state index in [1.165, 1.54) is 6.92 Å². The molecule has 2 fully saturated rings. The second-order valence-corrected chi connectivity index (χ2v) is 11.8. The van der Waals surface area contributed by atoms with Gasteiger partial charge < -0.3 is 15.0 Å². The Kier molecular flexibility index (Phi) is 8.64. The Balaban J connectivity index is 1.40. The average Bonchev–Trinajstić information content (AvgIpc) is 3.36. The molecule has 1 heterocycles. The zero-order chi connectivity index (χ0) is 30.9. The van der Waals surface area contributed by atoms with E-state index in [0.29, 0.717) is 38.9 Å². The molecule has 0 unspecified atom stereocenters. The standard InChI is InChI=1S/C33H34F6N2O2/c1-23(25-15-27(32(34,35)36)17-28(16-25)33(37,38)39)43-22-30(26-11-6-3-7-12-26)19-31(20-30,21-41-14-8-13-29(41)42)40-18-24-9-4-2-5-10-24/h2-7,9-12,15-17,23,40H,8,13-14,18-22H2,1H3/t23-,30-,31+/m1/s1. The number of alkyl halides is 6. The molecule has 1 atom stereocenters. The van der Waals surface area contributed by atoms with E-state index in [9.17, 15) is 31.1 Å². The minimum Gasteiger partial charge on any atom is -0.373 e. The average molecular weight is 605 g/mol. The number of nitrogens with zero attached hydrogens (tertiary/aromatic N) is 1. The SMILES string of the molecule is C[C@@H](OC[C@]1(c2ccccc2)C[C@@](CN2CCCC2=O)(NCc2ccccc2)C1)c1cc(C(F)(F)F)cc(C(F)(F)F)c1. The van der Waals surface area contributed by atoms with Gasteiger partial charge in [0.2, 0.25) is 5.91 Å². The molecule has 0 radical (unpaired) electrons. The molecular weight excluding hydrogens is 570 g/mol. The fraction of sp³-hybridized carbons (Fsp3) is 0.424. The fourth-order valence-electron chi connectivity index (χ4n) is 6.43. The maximum atomic E-state index is 13.5. The maximum Gasteiger partial charge on any atom is 0.416 e. The summed E-state index contributed by atoms with van der Waals surface area (Å²) in [6.07, 6.45) is -8.45. The third-order valence-electron chi connectivity index (χ3n) is 8.60. The zero-order valence-corrected chi connectivity index (χ0v) is 23.8. The number of likely N-dealkylation sites (tertiary alicyclic amines) is 1. The Labute approximate surface area is 247 Å². The number of carbonyl (C=O) groups excluding carboxylic acids is 1. The highest BCUT2D eigenvalue weighted by Gasteiger charge is 2.56. The Morgan fingerprint density at radius 1 is 0.884 bits per heavy atom. The van der Waals surface area contributed by atoms with E-state index in [1.807, 2.05) is 65.6 Å². The van der Waals surface area contributed by atoms with E-state index < -0.39 is 40.5 Å². The smallest absolute Gasteiger partial charge is 0.373 e. The van der Waals surface area contributed by atoms with Crippen LogP contribution in [0, 0.1) is 0 Å². The van der Waals surface area contributed by atoms with Gasteiger partial charge in [-0.2, -0.15) is 26.3 Å². The molecule has 0 spiro atoms. The van der Waals surface area contributed by atoms with E-state index in [2.05, 4.69) is 5.32 Å². The summed E-state index contributed by atoms with van der Waals surface area (Å²) in [7, 11) is 0. The van der Waals surface area contributed by atoms with Gasteiger partial charge in [0.05, 0.1) is 23.8 Å². The first-order valence-corrected chi connectivity index (χ1v) is 14.3. The van der Waals surface area contributed by atoms with E-state index >= 15 is 0 Å². The van der Waals surface area contributed by atoms with Crippen molar-refractivity contribution in [1.82, 2.24) is 10.2 Å². The van der Waals surface area contributed by atoms with Gasteiger partial charge in [0.15, 0.2) is 0 Å². The fourth-order valence-corrected chi connectivity index (χ4v) is 6.43. The van der Waals surface area contributed by atoms with Crippen LogP contribution in [0.1, 0.15) is 66.5 Å². The molecule has 5 rings (SSSR count). The van der Waals surface area contributed by atoms with E-state index in [4.69, 9.17) is 4.74 Å². The van der Waals surface area contributed by atoms with Gasteiger partial charge in [0.25, 0.3) is 0 Å². The molecule has 1 saturated carbocycles. The summed E-state index contributed by atoms with van der Waals surface area (Å²) in [5.41, 5.74) is -1.88. The largest absolute Gasteiger partial charge is 0.416 e. The highest BCUT2D eigenvalue weighted by atomic mass is 19.4. The van der Waals surface area contributed by atoms with Crippen LogP contribution in [-0.4, -0.2) is 36.0 Å². The Hall–Kier alpha value is -3.37. The van der Waals surface area contributed by atoms with E-state index in [0.717, 1.165) is 29.7 Å². The molecule has 10 heteroatoms. The van der Waals surface area contributed by atoms with E-state index in [-0.39, 0.29) is 24.1 Å². The topological polar surface area (TPSA) is 41.6 Å². The van der Waals surface area contributed by atoms with Crippen LogP contribution >= 0.6 is 0 Å². The molecule has 1 aliphatic carbocycles. The normalized spacial score (nSPS) is 23.3. The van der Waals surface area contributed by atoms with Crippen molar-refractivity contribution in [3.05, 3.63) is 107 Å². The first-order valence-electron chi connectivity index (χ1n) is 14.3. The number of amides is 1.